The number of hydrogen-bond donors (Lipinski definition) is 7. The van der Waals surface area contributed by atoms with Crippen LogP contribution in [0.15, 0.2) is 0 Å². The standard InChI is InChI=1S/C21H37N5O7S/c1-5-11(4)16-20(31)24-14(7-27)19(30)23-13(6-10(2)3)18(29)25-15(21(32)33)9-34-8-12(22)17(28)26-16/h10-16,27H,5-9,22H2,1-4H3,(H,23,30)(H,24,31)(H,25,29)(H,26,28)(H,32,33)/t11-,12+,13?,14?,15-,16-/m0/s1. The maximum atomic E-state index is 12.9. The highest BCUT2D eigenvalue weighted by Gasteiger charge is 2.34. The predicted octanol–water partition coefficient (Wildman–Crippen LogP) is -1.83. The van der Waals surface area contributed by atoms with E-state index in [1.54, 1.807) is 6.92 Å². The van der Waals surface area contributed by atoms with Gasteiger partial charge in [0.15, 0.2) is 0 Å². The van der Waals surface area contributed by atoms with Gasteiger partial charge in [-0.15, -0.1) is 0 Å². The van der Waals surface area contributed by atoms with Gasteiger partial charge >= 0.3 is 5.97 Å². The smallest absolute Gasteiger partial charge is 0.327 e. The zero-order chi connectivity index (χ0) is 26.0. The van der Waals surface area contributed by atoms with E-state index in [4.69, 9.17) is 5.73 Å². The molecule has 0 aromatic rings. The van der Waals surface area contributed by atoms with Gasteiger partial charge in [0.2, 0.25) is 23.6 Å². The van der Waals surface area contributed by atoms with Gasteiger partial charge in [0.1, 0.15) is 24.2 Å². The molecule has 1 rings (SSSR count). The van der Waals surface area contributed by atoms with Crippen molar-refractivity contribution in [2.45, 2.75) is 70.7 Å². The second kappa shape index (κ2) is 14.1. The van der Waals surface area contributed by atoms with Crippen LogP contribution in [0.3, 0.4) is 0 Å². The molecule has 13 heteroatoms. The van der Waals surface area contributed by atoms with E-state index in [0.29, 0.717) is 6.42 Å². The van der Waals surface area contributed by atoms with Crippen LogP contribution in [0, 0.1) is 11.8 Å². The molecule has 2 unspecified atom stereocenters. The van der Waals surface area contributed by atoms with E-state index in [2.05, 4.69) is 21.3 Å². The molecule has 34 heavy (non-hydrogen) atoms. The molecule has 0 bridgehead atoms. The van der Waals surface area contributed by atoms with Crippen molar-refractivity contribution in [1.29, 1.82) is 0 Å². The van der Waals surface area contributed by atoms with E-state index in [1.165, 1.54) is 0 Å². The molecule has 0 aliphatic carbocycles. The van der Waals surface area contributed by atoms with Gasteiger partial charge in [-0.3, -0.25) is 19.2 Å². The molecule has 0 spiro atoms. The fraction of sp³-hybridized carbons (Fsp3) is 0.762. The second-order valence-corrected chi connectivity index (χ2v) is 9.92. The van der Waals surface area contributed by atoms with E-state index in [9.17, 15) is 34.2 Å². The lowest BCUT2D eigenvalue weighted by Gasteiger charge is -2.28. The van der Waals surface area contributed by atoms with Gasteiger partial charge < -0.3 is 37.2 Å². The number of aliphatic carboxylic acids is 1. The van der Waals surface area contributed by atoms with Gasteiger partial charge in [-0.25, -0.2) is 4.79 Å². The average molecular weight is 504 g/mol. The maximum absolute atomic E-state index is 12.9. The minimum absolute atomic E-state index is 0.0236. The molecule has 1 heterocycles. The minimum Gasteiger partial charge on any atom is -0.480 e. The van der Waals surface area contributed by atoms with Gasteiger partial charge in [-0.05, 0) is 18.3 Å². The van der Waals surface area contributed by atoms with Crippen molar-refractivity contribution >= 4 is 41.4 Å². The summed E-state index contributed by atoms with van der Waals surface area (Å²) in [6.45, 7) is 6.49. The van der Waals surface area contributed by atoms with Crippen LogP contribution >= 0.6 is 11.8 Å². The topological polar surface area (TPSA) is 200 Å². The third-order valence-corrected chi connectivity index (χ3v) is 6.65. The van der Waals surface area contributed by atoms with Crippen molar-refractivity contribution < 1.29 is 34.2 Å². The number of aliphatic hydroxyl groups excluding tert-OH is 1. The van der Waals surface area contributed by atoms with Crippen LogP contribution in [0.2, 0.25) is 0 Å². The minimum atomic E-state index is -1.38. The van der Waals surface area contributed by atoms with Crippen LogP contribution in [0.1, 0.15) is 40.5 Å². The molecule has 1 fully saturated rings. The summed E-state index contributed by atoms with van der Waals surface area (Å²) >= 11 is 1.07. The van der Waals surface area contributed by atoms with Gasteiger partial charge in [-0.2, -0.15) is 11.8 Å². The van der Waals surface area contributed by atoms with Crippen LogP contribution in [0.4, 0.5) is 0 Å². The van der Waals surface area contributed by atoms with Crippen molar-refractivity contribution in [1.82, 2.24) is 21.3 Å². The first-order chi connectivity index (χ1) is 15.9. The Balaban J connectivity index is 3.29. The SMILES string of the molecule is CC[C@H](C)[C@@H]1NC(=O)[C@H](N)CSC[C@@H](C(=O)O)NC(=O)C(CC(C)C)NC(=O)C(CO)NC1=O. The van der Waals surface area contributed by atoms with Crippen molar-refractivity contribution in [2.24, 2.45) is 17.6 Å². The van der Waals surface area contributed by atoms with Crippen molar-refractivity contribution in [3.05, 3.63) is 0 Å². The lowest BCUT2D eigenvalue weighted by Crippen LogP contribution is -2.61. The molecule has 0 radical (unpaired) electrons. The molecule has 12 nitrogen and oxygen atoms in total. The molecule has 0 aromatic carbocycles. The largest absolute Gasteiger partial charge is 0.480 e. The van der Waals surface area contributed by atoms with Gasteiger partial charge in [-0.1, -0.05) is 34.1 Å². The highest BCUT2D eigenvalue weighted by Crippen LogP contribution is 2.12. The first kappa shape index (κ1) is 29.7. The van der Waals surface area contributed by atoms with E-state index in [0.717, 1.165) is 11.8 Å². The quantitative estimate of drug-likeness (QED) is 0.218. The number of carbonyl (C=O) groups is 5. The Morgan fingerprint density at radius 3 is 2.09 bits per heavy atom. The number of thioether (sulfide) groups is 1. The molecular formula is C21H37N5O7S. The Morgan fingerprint density at radius 2 is 1.56 bits per heavy atom. The summed E-state index contributed by atoms with van der Waals surface area (Å²) in [6, 6.07) is -5.78. The third-order valence-electron chi connectivity index (χ3n) is 5.48. The molecule has 194 valence electrons. The number of carbonyl (C=O) groups excluding carboxylic acids is 4. The summed E-state index contributed by atoms with van der Waals surface area (Å²) in [5.74, 6) is -4.39. The number of nitrogens with one attached hydrogen (secondary N) is 4. The zero-order valence-electron chi connectivity index (χ0n) is 20.0. The van der Waals surface area contributed by atoms with Crippen LogP contribution in [0.5, 0.6) is 0 Å². The summed E-state index contributed by atoms with van der Waals surface area (Å²) < 4.78 is 0. The number of amides is 4. The first-order valence-corrected chi connectivity index (χ1v) is 12.4. The summed E-state index contributed by atoms with van der Waals surface area (Å²) in [5.41, 5.74) is 5.93. The summed E-state index contributed by atoms with van der Waals surface area (Å²) in [4.78, 5) is 62.8. The van der Waals surface area contributed by atoms with E-state index < -0.39 is 66.4 Å². The number of carboxylic acids is 1. The number of hydrogen-bond acceptors (Lipinski definition) is 8. The molecule has 1 aliphatic rings. The Morgan fingerprint density at radius 1 is 0.971 bits per heavy atom. The third kappa shape index (κ3) is 9.11. The van der Waals surface area contributed by atoms with Crippen LogP contribution in [-0.2, 0) is 24.0 Å². The molecule has 4 amide bonds. The van der Waals surface area contributed by atoms with E-state index in [-0.39, 0.29) is 29.8 Å². The fourth-order valence-electron chi connectivity index (χ4n) is 3.23. The Bertz CT molecular complexity index is 751. The molecule has 1 aliphatic heterocycles. The molecule has 0 aromatic heterocycles. The van der Waals surface area contributed by atoms with Crippen molar-refractivity contribution in [2.75, 3.05) is 18.1 Å². The Labute approximate surface area is 203 Å². The second-order valence-electron chi connectivity index (χ2n) is 8.85. The van der Waals surface area contributed by atoms with Gasteiger partial charge in [0.25, 0.3) is 0 Å². The normalized spacial score (nSPS) is 29.0. The van der Waals surface area contributed by atoms with Gasteiger partial charge in [0.05, 0.1) is 12.6 Å². The number of aliphatic hydroxyl groups is 1. The van der Waals surface area contributed by atoms with E-state index in [1.807, 2.05) is 20.8 Å². The Hall–Kier alpha value is -2.38. The predicted molar refractivity (Wildman–Crippen MR) is 127 cm³/mol. The highest BCUT2D eigenvalue weighted by molar-refractivity contribution is 7.99. The van der Waals surface area contributed by atoms with Crippen molar-refractivity contribution in [3.63, 3.8) is 0 Å². The number of rotatable bonds is 6. The van der Waals surface area contributed by atoms with E-state index >= 15 is 0 Å². The maximum Gasteiger partial charge on any atom is 0.327 e. The van der Waals surface area contributed by atoms with Gasteiger partial charge in [0, 0.05) is 11.5 Å². The van der Waals surface area contributed by atoms with Crippen LogP contribution < -0.4 is 27.0 Å². The molecule has 1 saturated heterocycles. The molecule has 8 N–H and O–H groups in total. The average Bonchev–Trinajstić information content (AvgIpc) is 2.77. The first-order valence-electron chi connectivity index (χ1n) is 11.3. The summed E-state index contributed by atoms with van der Waals surface area (Å²) in [6.07, 6.45) is 0.745. The molecule has 6 atom stereocenters. The molecule has 0 saturated carbocycles. The fourth-order valence-corrected chi connectivity index (χ4v) is 4.23. The number of carboxylic acid groups (broad SMARTS) is 1. The zero-order valence-corrected chi connectivity index (χ0v) is 20.8. The van der Waals surface area contributed by atoms with Crippen LogP contribution in [-0.4, -0.2) is 88.1 Å². The summed E-state index contributed by atoms with van der Waals surface area (Å²) in [5, 5.41) is 29.2. The van der Waals surface area contributed by atoms with Crippen LogP contribution in [0.25, 0.3) is 0 Å². The lowest BCUT2D eigenvalue weighted by atomic mass is 9.97. The molecular weight excluding hydrogens is 466 g/mol. The van der Waals surface area contributed by atoms with Crippen molar-refractivity contribution in [3.8, 4) is 0 Å². The monoisotopic (exact) mass is 503 g/mol. The lowest BCUT2D eigenvalue weighted by molar-refractivity contribution is -0.141. The highest BCUT2D eigenvalue weighted by atomic mass is 32.2. The number of nitrogens with two attached hydrogens (primary N) is 1. The summed E-state index contributed by atoms with van der Waals surface area (Å²) in [7, 11) is 0. The Kier molecular flexibility index (Phi) is 12.3.